The molecular weight excluding hydrogens is 430 g/mol. The quantitative estimate of drug-likeness (QED) is 0.634. The van der Waals surface area contributed by atoms with Crippen LogP contribution in [0.5, 0.6) is 5.75 Å². The number of hydrogen-bond donors (Lipinski definition) is 3. The minimum atomic E-state index is -4.09. The highest BCUT2D eigenvalue weighted by Crippen LogP contribution is 2.40. The average molecular weight is 444 g/mol. The van der Waals surface area contributed by atoms with Crippen LogP contribution in [0.25, 0.3) is 0 Å². The molecule has 138 valence electrons. The summed E-state index contributed by atoms with van der Waals surface area (Å²) in [6.45, 7) is 0.776. The van der Waals surface area contributed by atoms with E-state index in [2.05, 4.69) is 9.44 Å². The number of sulfonamides is 1. The van der Waals surface area contributed by atoms with Crippen LogP contribution in [-0.2, 0) is 20.2 Å². The molecular formula is C12H14ClN3O5S4. The van der Waals surface area contributed by atoms with Gasteiger partial charge in [-0.3, -0.25) is 9.44 Å². The van der Waals surface area contributed by atoms with Crippen LogP contribution >= 0.6 is 34.3 Å². The van der Waals surface area contributed by atoms with E-state index in [1.54, 1.807) is 5.38 Å². The summed E-state index contributed by atoms with van der Waals surface area (Å²) in [5.74, 6) is -0.612. The summed E-state index contributed by atoms with van der Waals surface area (Å²) >= 11 is 7.77. The lowest BCUT2D eigenvalue weighted by Crippen LogP contribution is -2.27. The van der Waals surface area contributed by atoms with Crippen LogP contribution in [0, 0.1) is 0 Å². The number of nitrogens with one attached hydrogen (secondary N) is 2. The third-order valence-corrected chi connectivity index (χ3v) is 9.01. The Balaban J connectivity index is 1.83. The first-order valence-corrected chi connectivity index (χ1v) is 12.1. The van der Waals surface area contributed by atoms with Gasteiger partial charge in [0.2, 0.25) is 0 Å². The van der Waals surface area contributed by atoms with Crippen molar-refractivity contribution in [3.8, 4) is 5.75 Å². The van der Waals surface area contributed by atoms with Crippen molar-refractivity contribution in [3.63, 3.8) is 0 Å². The van der Waals surface area contributed by atoms with Crippen LogP contribution in [0.3, 0.4) is 0 Å². The van der Waals surface area contributed by atoms with Crippen molar-refractivity contribution in [3.05, 3.63) is 21.2 Å². The smallest absolute Gasteiger partial charge is 0.321 e. The standard InChI is InChI=1S/C12H14ClN3O5S4/c13-11-8(3-6-22-11)14-25(20,21)15-9-7-23-12(10(9)17)24(18,19)16-4-1-2-5-16/h3,6-7,14-15,17H,1-2,4-5H2. The molecule has 2 aromatic rings. The lowest BCUT2D eigenvalue weighted by molar-refractivity contribution is 0.451. The summed E-state index contributed by atoms with van der Waals surface area (Å²) in [5, 5.41) is 13.1. The molecule has 25 heavy (non-hydrogen) atoms. The molecule has 0 atom stereocenters. The van der Waals surface area contributed by atoms with Gasteiger partial charge in [0, 0.05) is 18.5 Å². The summed E-state index contributed by atoms with van der Waals surface area (Å²) < 4.78 is 54.9. The summed E-state index contributed by atoms with van der Waals surface area (Å²) in [4.78, 5) is 0. The van der Waals surface area contributed by atoms with Crippen molar-refractivity contribution in [2.75, 3.05) is 22.5 Å². The van der Waals surface area contributed by atoms with Crippen LogP contribution < -0.4 is 9.44 Å². The normalized spacial score (nSPS) is 16.2. The van der Waals surface area contributed by atoms with E-state index in [1.165, 1.54) is 15.8 Å². The Labute approximate surface area is 158 Å². The molecule has 2 aromatic heterocycles. The molecule has 0 aliphatic carbocycles. The molecule has 0 amide bonds. The van der Waals surface area contributed by atoms with Crippen molar-refractivity contribution >= 4 is 65.9 Å². The highest BCUT2D eigenvalue weighted by atomic mass is 35.5. The predicted molar refractivity (Wildman–Crippen MR) is 99.5 cm³/mol. The summed E-state index contributed by atoms with van der Waals surface area (Å²) in [6.07, 6.45) is 1.52. The molecule has 0 unspecified atom stereocenters. The fourth-order valence-corrected chi connectivity index (χ4v) is 7.19. The van der Waals surface area contributed by atoms with Crippen molar-refractivity contribution in [1.82, 2.24) is 4.31 Å². The van der Waals surface area contributed by atoms with E-state index in [-0.39, 0.29) is 19.9 Å². The summed E-state index contributed by atoms with van der Waals surface area (Å²) in [6, 6.07) is 1.49. The van der Waals surface area contributed by atoms with Crippen LogP contribution in [0.4, 0.5) is 11.4 Å². The lowest BCUT2D eigenvalue weighted by Gasteiger charge is -2.14. The lowest BCUT2D eigenvalue weighted by atomic mass is 10.4. The maximum Gasteiger partial charge on any atom is 0.321 e. The maximum atomic E-state index is 12.5. The molecule has 3 N–H and O–H groups in total. The monoisotopic (exact) mass is 443 g/mol. The molecule has 1 saturated heterocycles. The van der Waals surface area contributed by atoms with Gasteiger partial charge in [-0.05, 0) is 24.3 Å². The number of thiophene rings is 2. The molecule has 0 aromatic carbocycles. The van der Waals surface area contributed by atoms with Crippen LogP contribution in [-0.4, -0.2) is 39.3 Å². The Bertz CT molecular complexity index is 976. The number of rotatable bonds is 6. The van der Waals surface area contributed by atoms with Crippen molar-refractivity contribution in [2.24, 2.45) is 0 Å². The first-order chi connectivity index (χ1) is 11.7. The number of nitrogens with zero attached hydrogens (tertiary/aromatic N) is 1. The number of halogens is 1. The predicted octanol–water partition coefficient (Wildman–Crippen LogP) is 2.72. The molecule has 1 fully saturated rings. The van der Waals surface area contributed by atoms with Crippen molar-refractivity contribution < 1.29 is 21.9 Å². The number of aromatic hydroxyl groups is 1. The largest absolute Gasteiger partial charge is 0.504 e. The minimum Gasteiger partial charge on any atom is -0.504 e. The molecule has 0 spiro atoms. The molecule has 3 heterocycles. The second kappa shape index (κ2) is 6.93. The highest BCUT2D eigenvalue weighted by Gasteiger charge is 2.32. The summed E-state index contributed by atoms with van der Waals surface area (Å²) in [7, 11) is -7.93. The SMILES string of the molecule is O=S(=O)(Nc1ccsc1Cl)Nc1csc(S(=O)(=O)N2CCCC2)c1O. The van der Waals surface area contributed by atoms with E-state index in [1.807, 2.05) is 0 Å². The zero-order chi connectivity index (χ0) is 18.2. The Morgan fingerprint density at radius 2 is 1.72 bits per heavy atom. The summed E-state index contributed by atoms with van der Waals surface area (Å²) in [5.41, 5.74) is -0.0135. The Morgan fingerprint density at radius 1 is 1.08 bits per heavy atom. The van der Waals surface area contributed by atoms with Gasteiger partial charge in [0.05, 0.1) is 5.69 Å². The second-order valence-corrected chi connectivity index (χ2v) is 11.2. The van der Waals surface area contributed by atoms with Gasteiger partial charge in [-0.2, -0.15) is 12.7 Å². The Morgan fingerprint density at radius 3 is 2.32 bits per heavy atom. The van der Waals surface area contributed by atoms with E-state index in [0.717, 1.165) is 35.5 Å². The maximum absolute atomic E-state index is 12.5. The van der Waals surface area contributed by atoms with Crippen LogP contribution in [0.15, 0.2) is 21.0 Å². The zero-order valence-corrected chi connectivity index (χ0v) is 16.6. The van der Waals surface area contributed by atoms with Gasteiger partial charge in [-0.15, -0.1) is 22.7 Å². The number of anilines is 2. The Hall–Kier alpha value is -1.05. The molecule has 8 nitrogen and oxygen atoms in total. The van der Waals surface area contributed by atoms with E-state index in [0.29, 0.717) is 13.1 Å². The van der Waals surface area contributed by atoms with Gasteiger partial charge in [0.15, 0.2) is 9.96 Å². The topological polar surface area (TPSA) is 116 Å². The first kappa shape index (κ1) is 18.7. The highest BCUT2D eigenvalue weighted by molar-refractivity contribution is 7.94. The fraction of sp³-hybridized carbons (Fsp3) is 0.333. The molecule has 0 radical (unpaired) electrons. The van der Waals surface area contributed by atoms with Gasteiger partial charge in [0.1, 0.15) is 10.0 Å². The van der Waals surface area contributed by atoms with E-state index in [4.69, 9.17) is 11.6 Å². The van der Waals surface area contributed by atoms with Crippen molar-refractivity contribution in [2.45, 2.75) is 17.1 Å². The molecule has 1 aliphatic rings. The Kier molecular flexibility index (Phi) is 5.19. The van der Waals surface area contributed by atoms with E-state index in [9.17, 15) is 21.9 Å². The van der Waals surface area contributed by atoms with E-state index >= 15 is 0 Å². The van der Waals surface area contributed by atoms with Gasteiger partial charge < -0.3 is 5.11 Å². The third kappa shape index (κ3) is 3.88. The first-order valence-electron chi connectivity index (χ1n) is 7.05. The molecule has 1 aliphatic heterocycles. The molecule has 0 saturated carbocycles. The third-order valence-electron chi connectivity index (χ3n) is 3.48. The van der Waals surface area contributed by atoms with Gasteiger partial charge in [0.25, 0.3) is 10.0 Å². The van der Waals surface area contributed by atoms with Gasteiger partial charge in [-0.25, -0.2) is 8.42 Å². The molecule has 13 heteroatoms. The fourth-order valence-electron chi connectivity index (χ4n) is 2.32. The minimum absolute atomic E-state index is 0.193. The van der Waals surface area contributed by atoms with Gasteiger partial charge >= 0.3 is 10.2 Å². The molecule has 0 bridgehead atoms. The van der Waals surface area contributed by atoms with Gasteiger partial charge in [-0.1, -0.05) is 11.6 Å². The zero-order valence-electron chi connectivity index (χ0n) is 12.6. The van der Waals surface area contributed by atoms with Crippen LogP contribution in [0.2, 0.25) is 4.34 Å². The average Bonchev–Trinajstić information content (AvgIpc) is 3.24. The van der Waals surface area contributed by atoms with Crippen molar-refractivity contribution in [1.29, 1.82) is 0 Å². The van der Waals surface area contributed by atoms with E-state index < -0.39 is 26.0 Å². The molecule has 3 rings (SSSR count). The van der Waals surface area contributed by atoms with Crippen LogP contribution in [0.1, 0.15) is 12.8 Å². The second-order valence-electron chi connectivity index (χ2n) is 5.21. The number of hydrogen-bond acceptors (Lipinski definition) is 7.